The zero-order valence-electron chi connectivity index (χ0n) is 9.61. The maximum atomic E-state index is 14.0. The van der Waals surface area contributed by atoms with E-state index in [0.29, 0.717) is 11.3 Å². The van der Waals surface area contributed by atoms with Gasteiger partial charge in [-0.2, -0.15) is 0 Å². The van der Waals surface area contributed by atoms with Crippen LogP contribution in [0.25, 0.3) is 0 Å². The van der Waals surface area contributed by atoms with Gasteiger partial charge < -0.3 is 4.74 Å². The fourth-order valence-electron chi connectivity index (χ4n) is 1.67. The molecule has 3 N–H and O–H groups in total. The number of rotatable bonds is 4. The highest BCUT2D eigenvalue weighted by Crippen LogP contribution is 2.31. The molecule has 0 amide bonds. The molecule has 0 radical (unpaired) electrons. The van der Waals surface area contributed by atoms with Crippen LogP contribution < -0.4 is 16.0 Å². The van der Waals surface area contributed by atoms with Gasteiger partial charge in [0.05, 0.1) is 13.2 Å². The summed E-state index contributed by atoms with van der Waals surface area (Å²) in [6.45, 7) is 0. The average Bonchev–Trinajstić information content (AvgIpc) is 2.78. The number of hydrazine groups is 1. The predicted octanol–water partition coefficient (Wildman–Crippen LogP) is 3.21. The van der Waals surface area contributed by atoms with Crippen LogP contribution in [0, 0.1) is 5.82 Å². The maximum Gasteiger partial charge on any atom is 0.132 e. The molecular weight excluding hydrogens is 319 g/mol. The molecule has 1 heterocycles. The molecule has 1 aromatic heterocycles. The maximum absolute atomic E-state index is 14.0. The SMILES string of the molecule is COc1ccc(C(NN)c2cc(Br)cs2)c(F)c1. The van der Waals surface area contributed by atoms with Crippen molar-refractivity contribution < 1.29 is 9.13 Å². The summed E-state index contributed by atoms with van der Waals surface area (Å²) < 4.78 is 19.9. The molecule has 1 unspecified atom stereocenters. The van der Waals surface area contributed by atoms with Crippen LogP contribution in [-0.2, 0) is 0 Å². The Balaban J connectivity index is 2.39. The third-order valence-electron chi connectivity index (χ3n) is 2.56. The van der Waals surface area contributed by atoms with Crippen molar-refractivity contribution in [3.63, 3.8) is 0 Å². The molecule has 1 aromatic carbocycles. The molecule has 0 fully saturated rings. The lowest BCUT2D eigenvalue weighted by Crippen LogP contribution is -2.28. The van der Waals surface area contributed by atoms with Gasteiger partial charge in [-0.25, -0.2) is 9.82 Å². The van der Waals surface area contributed by atoms with Crippen molar-refractivity contribution in [2.24, 2.45) is 5.84 Å². The van der Waals surface area contributed by atoms with Crippen LogP contribution in [-0.4, -0.2) is 7.11 Å². The first-order chi connectivity index (χ1) is 8.65. The standard InChI is InChI=1S/C12H12BrFN2OS/c1-17-8-2-3-9(10(14)5-8)12(16-15)11-4-7(13)6-18-11/h2-6,12,16H,15H2,1H3. The monoisotopic (exact) mass is 330 g/mol. The Labute approximate surface area is 117 Å². The Kier molecular flexibility index (Phi) is 4.34. The minimum atomic E-state index is -0.368. The number of hydrogen-bond donors (Lipinski definition) is 2. The van der Waals surface area contributed by atoms with Gasteiger partial charge in [0.1, 0.15) is 11.6 Å². The van der Waals surface area contributed by atoms with Crippen LogP contribution in [0.4, 0.5) is 4.39 Å². The van der Waals surface area contributed by atoms with E-state index >= 15 is 0 Å². The number of halogens is 2. The summed E-state index contributed by atoms with van der Waals surface area (Å²) in [4.78, 5) is 0.938. The second-order valence-electron chi connectivity index (χ2n) is 3.65. The van der Waals surface area contributed by atoms with Crippen molar-refractivity contribution >= 4 is 27.3 Å². The number of thiophene rings is 1. The molecule has 3 nitrogen and oxygen atoms in total. The van der Waals surface area contributed by atoms with Gasteiger partial charge in [0, 0.05) is 26.4 Å². The largest absolute Gasteiger partial charge is 0.497 e. The third kappa shape index (κ3) is 2.72. The van der Waals surface area contributed by atoms with Gasteiger partial charge in [0.25, 0.3) is 0 Å². The molecule has 0 saturated heterocycles. The first-order valence-electron chi connectivity index (χ1n) is 5.19. The van der Waals surface area contributed by atoms with Gasteiger partial charge in [0.2, 0.25) is 0 Å². The molecule has 96 valence electrons. The van der Waals surface area contributed by atoms with E-state index in [9.17, 15) is 4.39 Å². The fourth-order valence-corrected chi connectivity index (χ4v) is 3.20. The molecule has 0 aliphatic rings. The second kappa shape index (κ2) is 5.79. The Bertz CT molecular complexity index is 547. The Morgan fingerprint density at radius 1 is 1.44 bits per heavy atom. The highest BCUT2D eigenvalue weighted by atomic mass is 79.9. The van der Waals surface area contributed by atoms with Gasteiger partial charge in [-0.05, 0) is 28.1 Å². The van der Waals surface area contributed by atoms with Crippen LogP contribution in [0.1, 0.15) is 16.5 Å². The van der Waals surface area contributed by atoms with E-state index in [1.54, 1.807) is 12.1 Å². The molecule has 6 heteroatoms. The molecular formula is C12H12BrFN2OS. The molecule has 1 atom stereocenters. The summed E-state index contributed by atoms with van der Waals surface area (Å²) in [5, 5.41) is 1.93. The number of benzene rings is 1. The van der Waals surface area contributed by atoms with Crippen LogP contribution in [0.2, 0.25) is 0 Å². The topological polar surface area (TPSA) is 47.3 Å². The van der Waals surface area contributed by atoms with Crippen molar-refractivity contribution in [2.75, 3.05) is 7.11 Å². The van der Waals surface area contributed by atoms with E-state index in [-0.39, 0.29) is 11.9 Å². The van der Waals surface area contributed by atoms with E-state index in [1.165, 1.54) is 24.5 Å². The number of ether oxygens (including phenoxy) is 1. The summed E-state index contributed by atoms with van der Waals surface area (Å²) in [6, 6.07) is 6.28. The van der Waals surface area contributed by atoms with Gasteiger partial charge in [-0.3, -0.25) is 5.84 Å². The fraction of sp³-hybridized carbons (Fsp3) is 0.167. The molecule has 0 saturated carbocycles. The molecule has 0 aliphatic carbocycles. The summed E-state index contributed by atoms with van der Waals surface area (Å²) in [5.41, 5.74) is 3.13. The molecule has 2 rings (SSSR count). The van der Waals surface area contributed by atoms with Gasteiger partial charge in [0.15, 0.2) is 0 Å². The van der Waals surface area contributed by atoms with Gasteiger partial charge in [-0.1, -0.05) is 6.07 Å². The lowest BCUT2D eigenvalue weighted by molar-refractivity contribution is 0.410. The van der Waals surface area contributed by atoms with Crippen LogP contribution >= 0.6 is 27.3 Å². The minimum absolute atomic E-state index is 0.346. The quantitative estimate of drug-likeness (QED) is 0.668. The minimum Gasteiger partial charge on any atom is -0.497 e. The second-order valence-corrected chi connectivity index (χ2v) is 5.51. The average molecular weight is 331 g/mol. The zero-order valence-corrected chi connectivity index (χ0v) is 12.0. The van der Waals surface area contributed by atoms with E-state index in [1.807, 2.05) is 11.4 Å². The first-order valence-corrected chi connectivity index (χ1v) is 6.86. The first kappa shape index (κ1) is 13.5. The predicted molar refractivity (Wildman–Crippen MR) is 74.1 cm³/mol. The van der Waals surface area contributed by atoms with Gasteiger partial charge >= 0.3 is 0 Å². The smallest absolute Gasteiger partial charge is 0.132 e. The van der Waals surface area contributed by atoms with Crippen LogP contribution in [0.5, 0.6) is 5.75 Å². The van der Waals surface area contributed by atoms with Crippen molar-refractivity contribution in [3.8, 4) is 5.75 Å². The lowest BCUT2D eigenvalue weighted by Gasteiger charge is -2.16. The number of nitrogens with one attached hydrogen (secondary N) is 1. The highest BCUT2D eigenvalue weighted by Gasteiger charge is 2.18. The lowest BCUT2D eigenvalue weighted by atomic mass is 10.1. The van der Waals surface area contributed by atoms with Crippen molar-refractivity contribution in [3.05, 3.63) is 50.4 Å². The van der Waals surface area contributed by atoms with Crippen molar-refractivity contribution in [1.82, 2.24) is 5.43 Å². The molecule has 0 spiro atoms. The molecule has 0 aliphatic heterocycles. The molecule has 0 bridgehead atoms. The summed E-state index contributed by atoms with van der Waals surface area (Å²) >= 11 is 4.88. The highest BCUT2D eigenvalue weighted by molar-refractivity contribution is 9.10. The number of hydrogen-bond acceptors (Lipinski definition) is 4. The Morgan fingerprint density at radius 2 is 2.22 bits per heavy atom. The normalized spacial score (nSPS) is 12.4. The zero-order chi connectivity index (χ0) is 13.1. The summed E-state index contributed by atoms with van der Waals surface area (Å²) in [5.74, 6) is 5.67. The summed E-state index contributed by atoms with van der Waals surface area (Å²) in [6.07, 6.45) is 0. The van der Waals surface area contributed by atoms with Crippen molar-refractivity contribution in [1.29, 1.82) is 0 Å². The van der Waals surface area contributed by atoms with E-state index < -0.39 is 0 Å². The van der Waals surface area contributed by atoms with E-state index in [2.05, 4.69) is 21.4 Å². The van der Waals surface area contributed by atoms with Crippen LogP contribution in [0.15, 0.2) is 34.1 Å². The third-order valence-corrected chi connectivity index (χ3v) is 4.32. The summed E-state index contributed by atoms with van der Waals surface area (Å²) in [7, 11) is 1.50. The number of nitrogens with two attached hydrogens (primary N) is 1. The van der Waals surface area contributed by atoms with Gasteiger partial charge in [-0.15, -0.1) is 11.3 Å². The van der Waals surface area contributed by atoms with Crippen molar-refractivity contribution in [2.45, 2.75) is 6.04 Å². The van der Waals surface area contributed by atoms with E-state index in [4.69, 9.17) is 10.6 Å². The van der Waals surface area contributed by atoms with Crippen LogP contribution in [0.3, 0.4) is 0 Å². The Hall–Kier alpha value is -0.950. The van der Waals surface area contributed by atoms with E-state index in [0.717, 1.165) is 9.35 Å². The molecule has 18 heavy (non-hydrogen) atoms. The Morgan fingerprint density at radius 3 is 2.72 bits per heavy atom. The number of methoxy groups -OCH3 is 1. The molecule has 2 aromatic rings.